The van der Waals surface area contributed by atoms with Gasteiger partial charge in [-0.1, -0.05) is 30.3 Å². The van der Waals surface area contributed by atoms with Crippen molar-refractivity contribution in [2.24, 2.45) is 0 Å². The van der Waals surface area contributed by atoms with Gasteiger partial charge in [-0.15, -0.1) is 0 Å². The van der Waals surface area contributed by atoms with E-state index < -0.39 is 9.45 Å². The third-order valence-corrected chi connectivity index (χ3v) is 4.57. The largest absolute Gasteiger partial charge is 0.339 e. The molecule has 0 aliphatic rings. The lowest BCUT2D eigenvalue weighted by atomic mass is 10.2. The van der Waals surface area contributed by atoms with Crippen molar-refractivity contribution in [3.05, 3.63) is 35.9 Å². The third-order valence-electron chi connectivity index (χ3n) is 1.78. The van der Waals surface area contributed by atoms with E-state index in [2.05, 4.69) is 0 Å². The average molecular weight is 243 g/mol. The Labute approximate surface area is 94.8 Å². The van der Waals surface area contributed by atoms with Crippen molar-refractivity contribution in [1.29, 1.82) is 0 Å². The van der Waals surface area contributed by atoms with Crippen molar-refractivity contribution >= 4 is 24.9 Å². The molecule has 0 aliphatic carbocycles. The molecule has 3 nitrogen and oxygen atoms in total. The Bertz CT molecular complexity index is 397. The Morgan fingerprint density at radius 3 is 2.40 bits per heavy atom. The summed E-state index contributed by atoms with van der Waals surface area (Å²) in [5.74, 6) is 0.520. The first-order valence-corrected chi connectivity index (χ1v) is 7.06. The van der Waals surface area contributed by atoms with E-state index in [0.717, 1.165) is 5.56 Å². The second-order valence-electron chi connectivity index (χ2n) is 3.20. The van der Waals surface area contributed by atoms with Crippen LogP contribution in [0.15, 0.2) is 30.3 Å². The summed E-state index contributed by atoms with van der Waals surface area (Å²) in [4.78, 5) is 13.1. The van der Waals surface area contributed by atoms with Crippen LogP contribution in [-0.2, 0) is 25.4 Å². The fraction of sp³-hybridized carbons (Fsp3) is 0.300. The number of carbonyl (C=O) groups excluding carboxylic acids is 1. The monoisotopic (exact) mass is 243 g/mol. The summed E-state index contributed by atoms with van der Waals surface area (Å²) in [6, 6.07) is 9.59. The second kappa shape index (κ2) is 5.82. The van der Waals surface area contributed by atoms with Gasteiger partial charge in [0.1, 0.15) is 10.2 Å². The predicted octanol–water partition coefficient (Wildman–Crippen LogP) is 1.61. The fourth-order valence-corrected chi connectivity index (χ4v) is 3.35. The van der Waals surface area contributed by atoms with E-state index in [4.69, 9.17) is 0 Å². The second-order valence-corrected chi connectivity index (χ2v) is 6.28. The molecule has 0 aliphatic heterocycles. The number of carbonyl (C=O) groups is 1. The highest BCUT2D eigenvalue weighted by Crippen LogP contribution is 2.05. The van der Waals surface area contributed by atoms with Gasteiger partial charge < -0.3 is 4.90 Å². The molecule has 0 N–H and O–H groups in total. The summed E-state index contributed by atoms with van der Waals surface area (Å²) in [6.45, 7) is 0. The highest BCUT2D eigenvalue weighted by molar-refractivity contribution is 8.38. The van der Waals surface area contributed by atoms with Crippen molar-refractivity contribution in [3.63, 3.8) is 0 Å². The Hall–Kier alpha value is -0.940. The molecular formula is C10H13NO2S2. The van der Waals surface area contributed by atoms with E-state index in [1.807, 2.05) is 30.3 Å². The Kier molecular flexibility index (Phi) is 4.71. The summed E-state index contributed by atoms with van der Waals surface area (Å²) < 4.78 is 10.9. The molecule has 0 bridgehead atoms. The van der Waals surface area contributed by atoms with Crippen LogP contribution < -0.4 is 0 Å². The van der Waals surface area contributed by atoms with Gasteiger partial charge in [0.2, 0.25) is 0 Å². The summed E-state index contributed by atoms with van der Waals surface area (Å²) >= 11 is 0. The minimum Gasteiger partial charge on any atom is -0.339 e. The maximum absolute atomic E-state index is 11.6. The van der Waals surface area contributed by atoms with Crippen molar-refractivity contribution in [2.45, 2.75) is 5.75 Å². The normalized spacial score (nSPS) is 11.9. The summed E-state index contributed by atoms with van der Waals surface area (Å²) in [5.41, 5.74) is 1.03. The van der Waals surface area contributed by atoms with Crippen LogP contribution in [0.3, 0.4) is 0 Å². The van der Waals surface area contributed by atoms with E-state index in [1.165, 1.54) is 4.90 Å². The smallest absolute Gasteiger partial charge is 0.287 e. The molecule has 15 heavy (non-hydrogen) atoms. The maximum atomic E-state index is 11.6. The van der Waals surface area contributed by atoms with E-state index in [0.29, 0.717) is 16.0 Å². The number of amides is 1. The Morgan fingerprint density at radius 2 is 1.93 bits per heavy atom. The average Bonchev–Trinajstić information content (AvgIpc) is 2.26. The van der Waals surface area contributed by atoms with Crippen LogP contribution in [-0.4, -0.2) is 28.4 Å². The van der Waals surface area contributed by atoms with Crippen LogP contribution in [0.2, 0.25) is 0 Å². The number of hydrogen-bond donors (Lipinski definition) is 0. The van der Waals surface area contributed by atoms with Gasteiger partial charge in [0.05, 0.1) is 0 Å². The lowest BCUT2D eigenvalue weighted by molar-refractivity contribution is 0.241. The zero-order valence-electron chi connectivity index (χ0n) is 8.67. The summed E-state index contributed by atoms with van der Waals surface area (Å²) in [6.07, 6.45) is 0. The molecule has 0 saturated carbocycles. The molecule has 0 aromatic heterocycles. The highest BCUT2D eigenvalue weighted by Gasteiger charge is 2.11. The Balaban J connectivity index is 2.81. The molecule has 5 heteroatoms. The predicted molar refractivity (Wildman–Crippen MR) is 64.7 cm³/mol. The van der Waals surface area contributed by atoms with Crippen molar-refractivity contribution < 1.29 is 9.00 Å². The van der Waals surface area contributed by atoms with Gasteiger partial charge in [-0.2, -0.15) is 0 Å². The van der Waals surface area contributed by atoms with Gasteiger partial charge in [0, 0.05) is 29.3 Å². The fourth-order valence-electron chi connectivity index (χ4n) is 1.04. The zero-order chi connectivity index (χ0) is 11.3. The molecule has 1 aromatic carbocycles. The van der Waals surface area contributed by atoms with E-state index in [1.54, 1.807) is 14.1 Å². The van der Waals surface area contributed by atoms with Gasteiger partial charge in [-0.05, 0) is 5.56 Å². The van der Waals surface area contributed by atoms with Gasteiger partial charge >= 0.3 is 0 Å². The molecule has 0 spiro atoms. The highest BCUT2D eigenvalue weighted by atomic mass is 32.8. The number of rotatable bonds is 2. The molecule has 82 valence electrons. The van der Waals surface area contributed by atoms with E-state index in [9.17, 15) is 9.00 Å². The van der Waals surface area contributed by atoms with Gasteiger partial charge in [0.25, 0.3) is 5.24 Å². The van der Waals surface area contributed by atoms with Crippen LogP contribution in [0.1, 0.15) is 5.56 Å². The molecule has 0 radical (unpaired) electrons. The minimum absolute atomic E-state index is 0.0983. The van der Waals surface area contributed by atoms with Crippen LogP contribution in [0.4, 0.5) is 4.79 Å². The zero-order valence-corrected chi connectivity index (χ0v) is 10.3. The summed E-state index contributed by atoms with van der Waals surface area (Å²) in [5, 5.41) is -0.0983. The van der Waals surface area contributed by atoms with E-state index >= 15 is 0 Å². The first-order chi connectivity index (χ1) is 7.15. The molecule has 0 saturated heterocycles. The van der Waals surface area contributed by atoms with Gasteiger partial charge in [-0.3, -0.25) is 4.79 Å². The molecule has 1 unspecified atom stereocenters. The number of hydrogen-bond acceptors (Lipinski definition) is 2. The van der Waals surface area contributed by atoms with Crippen LogP contribution in [0.25, 0.3) is 0 Å². The topological polar surface area (TPSA) is 37.4 Å². The molecule has 1 amide bonds. The molecule has 1 atom stereocenters. The third kappa shape index (κ3) is 3.60. The van der Waals surface area contributed by atoms with Gasteiger partial charge in [-0.25, -0.2) is 4.21 Å². The Morgan fingerprint density at radius 1 is 1.33 bits per heavy atom. The standard InChI is InChI=1S/C10H13NO2S2/c1-11(2)10(12)15(14-13)8-9-6-4-3-5-7-9/h3-7H,8H2,1-2H3. The first kappa shape index (κ1) is 12.1. The van der Waals surface area contributed by atoms with Crippen LogP contribution in [0, 0.1) is 0 Å². The molecule has 1 rings (SSSR count). The summed E-state index contributed by atoms with van der Waals surface area (Å²) in [7, 11) is 2.92. The number of nitrogens with zero attached hydrogens (tertiary/aromatic N) is 1. The van der Waals surface area contributed by atoms with Gasteiger partial charge in [0.15, 0.2) is 0 Å². The van der Waals surface area contributed by atoms with Crippen molar-refractivity contribution in [3.8, 4) is 0 Å². The maximum Gasteiger partial charge on any atom is 0.287 e. The van der Waals surface area contributed by atoms with Crippen LogP contribution in [0.5, 0.6) is 0 Å². The molecular weight excluding hydrogens is 230 g/mol. The van der Waals surface area contributed by atoms with E-state index in [-0.39, 0.29) is 5.24 Å². The molecule has 0 heterocycles. The molecule has 0 fully saturated rings. The lowest BCUT2D eigenvalue weighted by Crippen LogP contribution is -2.24. The molecule has 1 aromatic rings. The van der Waals surface area contributed by atoms with Crippen molar-refractivity contribution in [2.75, 3.05) is 14.1 Å². The minimum atomic E-state index is -0.809. The quantitative estimate of drug-likeness (QED) is 0.791. The lowest BCUT2D eigenvalue weighted by Gasteiger charge is -2.11. The van der Waals surface area contributed by atoms with Crippen LogP contribution >= 0.6 is 0 Å². The van der Waals surface area contributed by atoms with Crippen molar-refractivity contribution in [1.82, 2.24) is 4.90 Å². The first-order valence-electron chi connectivity index (χ1n) is 4.41. The number of benzene rings is 1. The SMILES string of the molecule is CN(C)C(=O)S(Cc1ccccc1)=S=O.